The van der Waals surface area contributed by atoms with Gasteiger partial charge in [0.05, 0.1) is 18.1 Å². The van der Waals surface area contributed by atoms with Crippen LogP contribution in [0.3, 0.4) is 0 Å². The van der Waals surface area contributed by atoms with Gasteiger partial charge in [-0.25, -0.2) is 9.18 Å². The van der Waals surface area contributed by atoms with Crippen molar-refractivity contribution in [1.29, 1.82) is 0 Å². The van der Waals surface area contributed by atoms with Gasteiger partial charge in [0.1, 0.15) is 17.7 Å². The minimum absolute atomic E-state index is 0.00810. The lowest BCUT2D eigenvalue weighted by Gasteiger charge is -2.41. The molecule has 2 saturated heterocycles. The van der Waals surface area contributed by atoms with Crippen LogP contribution in [-0.4, -0.2) is 73.4 Å². The molecular formula is C21H26ClF4N3O4. The third-order valence-electron chi connectivity index (χ3n) is 4.83. The first-order valence-corrected chi connectivity index (χ1v) is 10.6. The maximum atomic E-state index is 13.0. The fourth-order valence-electron chi connectivity index (χ4n) is 3.16. The van der Waals surface area contributed by atoms with Crippen molar-refractivity contribution in [3.05, 3.63) is 41.8 Å². The van der Waals surface area contributed by atoms with E-state index >= 15 is 0 Å². The lowest BCUT2D eigenvalue weighted by atomic mass is 9.93. The Morgan fingerprint density at radius 1 is 1.36 bits per heavy atom. The molecule has 184 valence electrons. The van der Waals surface area contributed by atoms with Crippen LogP contribution in [0.2, 0.25) is 5.02 Å². The van der Waals surface area contributed by atoms with Crippen molar-refractivity contribution < 1.29 is 36.6 Å². The molecule has 1 unspecified atom stereocenters. The highest BCUT2D eigenvalue weighted by molar-refractivity contribution is 6.30. The number of nitrogens with one attached hydrogen (secondary N) is 1. The molecule has 3 rings (SSSR count). The van der Waals surface area contributed by atoms with Crippen molar-refractivity contribution in [2.24, 2.45) is 5.92 Å². The van der Waals surface area contributed by atoms with Crippen LogP contribution in [-0.2, 0) is 9.53 Å². The van der Waals surface area contributed by atoms with E-state index in [2.05, 4.69) is 11.9 Å². The standard InChI is InChI=1S/C11H13ClFNO2.C10H13F3N2O2/c1-2-5-14-11(15)7-16-8-3-4-9(12)10(13)6-8;1-2-15-5-8(17-9(15)16)7-3-14(4-7)6-10(11,12)13/h3-4,6H,2,5,7H2,1H3,(H,14,15);2,7-8H,1,3-6H2. The molecule has 1 atom stereocenters. The third-order valence-corrected chi connectivity index (χ3v) is 5.14. The first-order valence-electron chi connectivity index (χ1n) is 10.3. The Hall–Kier alpha value is -2.53. The molecule has 2 aliphatic rings. The van der Waals surface area contributed by atoms with Crippen LogP contribution < -0.4 is 10.1 Å². The third kappa shape index (κ3) is 8.73. The Labute approximate surface area is 194 Å². The Bertz CT molecular complexity index is 834. The van der Waals surface area contributed by atoms with Gasteiger partial charge in [-0.3, -0.25) is 14.6 Å². The number of likely N-dealkylation sites (tertiary alicyclic amines) is 1. The van der Waals surface area contributed by atoms with Crippen LogP contribution in [0.25, 0.3) is 0 Å². The van der Waals surface area contributed by atoms with Gasteiger partial charge in [0.25, 0.3) is 5.91 Å². The van der Waals surface area contributed by atoms with E-state index in [1.807, 2.05) is 6.92 Å². The van der Waals surface area contributed by atoms with E-state index in [0.717, 1.165) is 12.5 Å². The van der Waals surface area contributed by atoms with Crippen LogP contribution in [0.4, 0.5) is 22.4 Å². The SMILES string of the molecule is C=CN1CC(C2CN(CC(F)(F)F)C2)OC1=O.CCCNC(=O)COc1ccc(Cl)c(F)c1. The molecule has 0 aromatic heterocycles. The van der Waals surface area contributed by atoms with Crippen LogP contribution in [0, 0.1) is 11.7 Å². The number of carbonyl (C=O) groups is 2. The Balaban J connectivity index is 0.000000234. The first-order chi connectivity index (χ1) is 15.5. The zero-order valence-corrected chi connectivity index (χ0v) is 18.8. The molecular weight excluding hydrogens is 470 g/mol. The summed E-state index contributed by atoms with van der Waals surface area (Å²) in [7, 11) is 0. The second-order valence-electron chi connectivity index (χ2n) is 7.54. The molecule has 0 saturated carbocycles. The molecule has 0 spiro atoms. The van der Waals surface area contributed by atoms with Gasteiger partial charge >= 0.3 is 12.3 Å². The molecule has 1 aromatic rings. The molecule has 12 heteroatoms. The van der Waals surface area contributed by atoms with E-state index in [4.69, 9.17) is 21.1 Å². The average molecular weight is 496 g/mol. The van der Waals surface area contributed by atoms with E-state index in [1.165, 1.54) is 28.1 Å². The largest absolute Gasteiger partial charge is 0.484 e. The average Bonchev–Trinajstić information content (AvgIpc) is 3.09. The summed E-state index contributed by atoms with van der Waals surface area (Å²) in [4.78, 5) is 25.0. The number of carbonyl (C=O) groups excluding carboxylic acids is 2. The lowest BCUT2D eigenvalue weighted by Crippen LogP contribution is -2.55. The topological polar surface area (TPSA) is 71.1 Å². The van der Waals surface area contributed by atoms with E-state index in [0.29, 0.717) is 26.2 Å². The molecule has 2 amide bonds. The summed E-state index contributed by atoms with van der Waals surface area (Å²) < 4.78 is 59.3. The molecule has 2 heterocycles. The zero-order chi connectivity index (χ0) is 24.6. The van der Waals surface area contributed by atoms with Crippen LogP contribution in [0.1, 0.15) is 13.3 Å². The smallest absolute Gasteiger partial charge is 0.414 e. The quantitative estimate of drug-likeness (QED) is 0.555. The summed E-state index contributed by atoms with van der Waals surface area (Å²) in [6.45, 7) is 6.03. The predicted octanol–water partition coefficient (Wildman–Crippen LogP) is 3.83. The van der Waals surface area contributed by atoms with Crippen molar-refractivity contribution in [2.45, 2.75) is 25.6 Å². The number of amides is 2. The summed E-state index contributed by atoms with van der Waals surface area (Å²) in [6.07, 6.45) is -2.72. The number of alkyl halides is 3. The highest BCUT2D eigenvalue weighted by atomic mass is 35.5. The van der Waals surface area contributed by atoms with Crippen molar-refractivity contribution in [3.63, 3.8) is 0 Å². The van der Waals surface area contributed by atoms with E-state index < -0.39 is 24.6 Å². The van der Waals surface area contributed by atoms with Gasteiger partial charge in [0.15, 0.2) is 6.61 Å². The number of hydrogen-bond acceptors (Lipinski definition) is 5. The predicted molar refractivity (Wildman–Crippen MR) is 113 cm³/mol. The minimum Gasteiger partial charge on any atom is -0.484 e. The minimum atomic E-state index is -4.16. The highest BCUT2D eigenvalue weighted by Crippen LogP contribution is 2.29. The van der Waals surface area contributed by atoms with Crippen molar-refractivity contribution in [3.8, 4) is 5.75 Å². The first kappa shape index (κ1) is 26.7. The maximum absolute atomic E-state index is 13.0. The Kier molecular flexibility index (Phi) is 9.78. The Morgan fingerprint density at radius 3 is 2.61 bits per heavy atom. The fraction of sp³-hybridized carbons (Fsp3) is 0.524. The second-order valence-corrected chi connectivity index (χ2v) is 7.95. The van der Waals surface area contributed by atoms with Crippen molar-refractivity contribution >= 4 is 23.6 Å². The summed E-state index contributed by atoms with van der Waals surface area (Å²) in [5.74, 6) is -0.509. The van der Waals surface area contributed by atoms with Crippen molar-refractivity contribution in [2.75, 3.05) is 39.3 Å². The molecule has 1 aromatic carbocycles. The van der Waals surface area contributed by atoms with Gasteiger partial charge in [-0.15, -0.1) is 0 Å². The van der Waals surface area contributed by atoms with Crippen molar-refractivity contribution in [1.82, 2.24) is 15.1 Å². The molecule has 33 heavy (non-hydrogen) atoms. The molecule has 0 radical (unpaired) electrons. The maximum Gasteiger partial charge on any atom is 0.414 e. The monoisotopic (exact) mass is 495 g/mol. The summed E-state index contributed by atoms with van der Waals surface area (Å²) in [5.41, 5.74) is 0. The van der Waals surface area contributed by atoms with Crippen LogP contribution >= 0.6 is 11.6 Å². The number of hydrogen-bond donors (Lipinski definition) is 1. The number of halogens is 5. The summed E-state index contributed by atoms with van der Waals surface area (Å²) in [5, 5.41) is 2.68. The van der Waals surface area contributed by atoms with Gasteiger partial charge in [-0.05, 0) is 18.6 Å². The number of cyclic esters (lactones) is 1. The normalized spacial score (nSPS) is 18.7. The number of rotatable bonds is 8. The number of benzene rings is 1. The zero-order valence-electron chi connectivity index (χ0n) is 18.0. The van der Waals surface area contributed by atoms with Gasteiger partial charge < -0.3 is 14.8 Å². The number of ether oxygens (including phenoxy) is 2. The second kappa shape index (κ2) is 12.1. The van der Waals surface area contributed by atoms with Gasteiger partial charge in [-0.1, -0.05) is 25.1 Å². The number of nitrogens with zero attached hydrogens (tertiary/aromatic N) is 2. The Morgan fingerprint density at radius 2 is 2.06 bits per heavy atom. The van der Waals surface area contributed by atoms with E-state index in [9.17, 15) is 27.2 Å². The van der Waals surface area contributed by atoms with Crippen LogP contribution in [0.15, 0.2) is 31.0 Å². The summed E-state index contributed by atoms with van der Waals surface area (Å²) >= 11 is 5.50. The molecule has 1 N–H and O–H groups in total. The molecule has 7 nitrogen and oxygen atoms in total. The molecule has 0 bridgehead atoms. The van der Waals surface area contributed by atoms with Crippen LogP contribution in [0.5, 0.6) is 5.75 Å². The molecule has 0 aliphatic carbocycles. The molecule has 2 aliphatic heterocycles. The van der Waals surface area contributed by atoms with E-state index in [-0.39, 0.29) is 35.3 Å². The molecule has 2 fully saturated rings. The highest BCUT2D eigenvalue weighted by Gasteiger charge is 2.44. The van der Waals surface area contributed by atoms with E-state index in [1.54, 1.807) is 0 Å². The van der Waals surface area contributed by atoms with Gasteiger partial charge in [0, 0.05) is 37.8 Å². The fourth-order valence-corrected chi connectivity index (χ4v) is 3.27. The van der Waals surface area contributed by atoms with Gasteiger partial charge in [-0.2, -0.15) is 13.2 Å². The lowest BCUT2D eigenvalue weighted by molar-refractivity contribution is -0.163. The summed E-state index contributed by atoms with van der Waals surface area (Å²) in [6, 6.07) is 4.05. The van der Waals surface area contributed by atoms with Gasteiger partial charge in [0.2, 0.25) is 0 Å².